The summed E-state index contributed by atoms with van der Waals surface area (Å²) in [6.07, 6.45) is -1.72. The lowest BCUT2D eigenvalue weighted by atomic mass is 9.86. The van der Waals surface area contributed by atoms with Gasteiger partial charge in [0.25, 0.3) is 5.91 Å². The van der Waals surface area contributed by atoms with Crippen molar-refractivity contribution >= 4 is 27.7 Å². The third-order valence-corrected chi connectivity index (χ3v) is 6.75. The van der Waals surface area contributed by atoms with Crippen LogP contribution in [0.5, 0.6) is 0 Å². The van der Waals surface area contributed by atoms with Gasteiger partial charge in [0.1, 0.15) is 36.0 Å². The van der Waals surface area contributed by atoms with Crippen molar-refractivity contribution in [3.05, 3.63) is 92.9 Å². The van der Waals surface area contributed by atoms with Crippen LogP contribution >= 0.6 is 15.9 Å². The summed E-state index contributed by atoms with van der Waals surface area (Å²) in [7, 11) is 0. The number of anilines is 1. The Morgan fingerprint density at radius 2 is 1.91 bits per heavy atom. The predicted octanol–water partition coefficient (Wildman–Crippen LogP) is 2.19. The molecular weight excluding hydrogens is 506 g/mol. The lowest BCUT2D eigenvalue weighted by Crippen LogP contribution is -2.37. The van der Waals surface area contributed by atoms with Crippen molar-refractivity contribution in [3.8, 4) is 0 Å². The van der Waals surface area contributed by atoms with Crippen molar-refractivity contribution in [2.45, 2.75) is 36.6 Å². The summed E-state index contributed by atoms with van der Waals surface area (Å²) in [6, 6.07) is 17.6. The maximum absolute atomic E-state index is 12.8. The molecule has 0 aliphatic carbocycles. The maximum Gasteiger partial charge on any atom is 0.351 e. The molecule has 10 heteroatoms. The molecular formula is C24H22BrN3O6. The largest absolute Gasteiger partial charge is 0.394 e. The van der Waals surface area contributed by atoms with Gasteiger partial charge in [0.2, 0.25) is 0 Å². The summed E-state index contributed by atoms with van der Waals surface area (Å²) >= 11 is 3.41. The molecule has 0 radical (unpaired) electrons. The van der Waals surface area contributed by atoms with E-state index in [0.717, 1.165) is 10.0 Å². The number of amides is 1. The normalized spacial score (nSPS) is 28.0. The Morgan fingerprint density at radius 1 is 1.18 bits per heavy atom. The second-order valence-electron chi connectivity index (χ2n) is 8.26. The van der Waals surface area contributed by atoms with Gasteiger partial charge in [-0.25, -0.2) is 4.79 Å². The van der Waals surface area contributed by atoms with Gasteiger partial charge in [0.15, 0.2) is 0 Å². The molecule has 3 heterocycles. The van der Waals surface area contributed by atoms with E-state index in [4.69, 9.17) is 9.47 Å². The molecule has 2 saturated heterocycles. The van der Waals surface area contributed by atoms with E-state index in [-0.39, 0.29) is 24.8 Å². The molecule has 0 saturated carbocycles. The Bertz CT molecular complexity index is 1250. The van der Waals surface area contributed by atoms with E-state index in [2.05, 4.69) is 26.2 Å². The quantitative estimate of drug-likeness (QED) is 0.464. The van der Waals surface area contributed by atoms with E-state index in [9.17, 15) is 19.8 Å². The molecule has 5 rings (SSSR count). The minimum Gasteiger partial charge on any atom is -0.394 e. The van der Waals surface area contributed by atoms with Crippen LogP contribution in [0.25, 0.3) is 0 Å². The zero-order valence-corrected chi connectivity index (χ0v) is 19.5. The highest BCUT2D eigenvalue weighted by atomic mass is 79.9. The van der Waals surface area contributed by atoms with Crippen LogP contribution in [0.1, 0.15) is 28.6 Å². The van der Waals surface area contributed by atoms with Gasteiger partial charge < -0.3 is 25.0 Å². The molecule has 34 heavy (non-hydrogen) atoms. The van der Waals surface area contributed by atoms with E-state index in [1.807, 2.05) is 24.3 Å². The smallest absolute Gasteiger partial charge is 0.351 e. The number of fused-ring (bicyclic) bond motifs is 1. The molecule has 5 atom stereocenters. The fourth-order valence-electron chi connectivity index (χ4n) is 4.58. The third kappa shape index (κ3) is 3.97. The number of aromatic nitrogens is 2. The molecule has 1 aromatic heterocycles. The zero-order valence-electron chi connectivity index (χ0n) is 17.9. The lowest BCUT2D eigenvalue weighted by molar-refractivity contribution is -0.0810. The number of ether oxygens (including phenoxy) is 2. The molecule has 3 N–H and O–H groups in total. The summed E-state index contributed by atoms with van der Waals surface area (Å²) in [5.41, 5.74) is -0.444. The van der Waals surface area contributed by atoms with Crippen LogP contribution in [-0.2, 0) is 15.1 Å². The van der Waals surface area contributed by atoms with Crippen molar-refractivity contribution in [2.75, 3.05) is 11.9 Å². The number of carbonyl (C=O) groups is 1. The Balaban J connectivity index is 1.41. The first-order chi connectivity index (χ1) is 16.4. The fraction of sp³-hybridized carbons (Fsp3) is 0.292. The van der Waals surface area contributed by atoms with Crippen LogP contribution < -0.4 is 11.0 Å². The number of aliphatic hydroxyl groups is 2. The highest BCUT2D eigenvalue weighted by molar-refractivity contribution is 9.10. The van der Waals surface area contributed by atoms with Gasteiger partial charge >= 0.3 is 5.69 Å². The zero-order chi connectivity index (χ0) is 23.9. The Hall–Kier alpha value is -2.89. The molecule has 1 amide bonds. The van der Waals surface area contributed by atoms with E-state index in [0.29, 0.717) is 5.56 Å². The first-order valence-electron chi connectivity index (χ1n) is 10.7. The first kappa shape index (κ1) is 22.9. The van der Waals surface area contributed by atoms with Crippen LogP contribution in [0.15, 0.2) is 76.1 Å². The Labute approximate surface area is 203 Å². The van der Waals surface area contributed by atoms with Crippen LogP contribution in [0.4, 0.5) is 5.82 Å². The third-order valence-electron chi connectivity index (χ3n) is 6.22. The minimum atomic E-state index is -1.08. The summed E-state index contributed by atoms with van der Waals surface area (Å²) in [6.45, 7) is -0.360. The van der Waals surface area contributed by atoms with Crippen molar-refractivity contribution < 1.29 is 24.5 Å². The number of nitrogens with one attached hydrogen (secondary N) is 1. The molecule has 3 aromatic rings. The topological polar surface area (TPSA) is 123 Å². The number of nitrogens with zero attached hydrogens (tertiary/aromatic N) is 2. The van der Waals surface area contributed by atoms with Crippen LogP contribution in [-0.4, -0.2) is 50.6 Å². The van der Waals surface area contributed by atoms with Gasteiger partial charge in [-0.05, 0) is 35.9 Å². The second-order valence-corrected chi connectivity index (χ2v) is 9.18. The number of hydrogen-bond acceptors (Lipinski definition) is 7. The summed E-state index contributed by atoms with van der Waals surface area (Å²) in [5.74, 6) is -0.259. The molecule has 2 fully saturated rings. The van der Waals surface area contributed by atoms with Crippen molar-refractivity contribution in [3.63, 3.8) is 0 Å². The highest BCUT2D eigenvalue weighted by Crippen LogP contribution is 2.52. The Kier molecular flexibility index (Phi) is 6.09. The Morgan fingerprint density at radius 3 is 2.59 bits per heavy atom. The van der Waals surface area contributed by atoms with Gasteiger partial charge in [0, 0.05) is 22.7 Å². The number of halogens is 1. The highest BCUT2D eigenvalue weighted by Gasteiger charge is 2.62. The number of aliphatic hydroxyl groups excluding tert-OH is 2. The molecule has 2 aromatic carbocycles. The summed E-state index contributed by atoms with van der Waals surface area (Å²) in [4.78, 5) is 29.2. The lowest BCUT2D eigenvalue weighted by Gasteiger charge is -2.28. The number of rotatable bonds is 5. The van der Waals surface area contributed by atoms with Crippen LogP contribution in [0.2, 0.25) is 0 Å². The summed E-state index contributed by atoms with van der Waals surface area (Å²) < 4.78 is 14.4. The summed E-state index contributed by atoms with van der Waals surface area (Å²) in [5, 5.41) is 23.0. The number of hydrogen-bond donors (Lipinski definition) is 3. The number of carbonyl (C=O) groups excluding carboxylic acids is 1. The average molecular weight is 528 g/mol. The predicted molar refractivity (Wildman–Crippen MR) is 125 cm³/mol. The average Bonchev–Trinajstić information content (AvgIpc) is 3.35. The van der Waals surface area contributed by atoms with Gasteiger partial charge in [-0.3, -0.25) is 9.36 Å². The van der Waals surface area contributed by atoms with E-state index in [1.165, 1.54) is 16.8 Å². The molecule has 0 unspecified atom stereocenters. The number of benzene rings is 2. The standard InChI is InChI=1S/C24H22BrN3O6/c25-16-8-6-15(7-9-16)24-12-19(33-21(24)20(30)17(13-29)34-24)28-11-10-18(27-23(28)32)26-22(31)14-4-2-1-3-5-14/h1-11,17,19-21,29-30H,12-13H2,(H,26,27,31,32)/t17-,19+,20-,21-,24+/m1/s1. The van der Waals surface area contributed by atoms with Crippen molar-refractivity contribution in [2.24, 2.45) is 0 Å². The molecule has 2 aliphatic rings. The van der Waals surface area contributed by atoms with E-state index >= 15 is 0 Å². The SMILES string of the molecule is O=C(Nc1ccn([C@@H]2C[C@@]3(c4ccc(Br)cc4)O[C@H](CO)[C@@H](O)[C@H]3O2)c(=O)n1)c1ccccc1. The molecule has 9 nitrogen and oxygen atoms in total. The molecule has 2 aliphatic heterocycles. The van der Waals surface area contributed by atoms with Crippen molar-refractivity contribution in [1.82, 2.24) is 9.55 Å². The van der Waals surface area contributed by atoms with Crippen molar-refractivity contribution in [1.29, 1.82) is 0 Å². The van der Waals surface area contributed by atoms with Gasteiger partial charge in [-0.2, -0.15) is 4.98 Å². The van der Waals surface area contributed by atoms with Gasteiger partial charge in [-0.15, -0.1) is 0 Å². The fourth-order valence-corrected chi connectivity index (χ4v) is 4.84. The minimum absolute atomic E-state index is 0.118. The van der Waals surface area contributed by atoms with Crippen LogP contribution in [0.3, 0.4) is 0 Å². The molecule has 176 valence electrons. The maximum atomic E-state index is 12.8. The van der Waals surface area contributed by atoms with E-state index in [1.54, 1.807) is 30.3 Å². The molecule has 0 bridgehead atoms. The second kappa shape index (κ2) is 9.05. The van der Waals surface area contributed by atoms with Gasteiger partial charge in [-0.1, -0.05) is 46.3 Å². The van der Waals surface area contributed by atoms with Gasteiger partial charge in [0.05, 0.1) is 6.61 Å². The van der Waals surface area contributed by atoms with Crippen LogP contribution in [0, 0.1) is 0 Å². The monoisotopic (exact) mass is 527 g/mol. The van der Waals surface area contributed by atoms with E-state index < -0.39 is 35.8 Å². The first-order valence-corrected chi connectivity index (χ1v) is 11.5. The molecule has 0 spiro atoms.